The van der Waals surface area contributed by atoms with Crippen LogP contribution in [0.2, 0.25) is 5.02 Å². The smallest absolute Gasteiger partial charge is 0.240 e. The number of aliphatic hydroxyl groups is 2. The lowest BCUT2D eigenvalue weighted by atomic mass is 10.1. The zero-order chi connectivity index (χ0) is 16.7. The van der Waals surface area contributed by atoms with E-state index in [1.54, 1.807) is 29.7 Å². The topological polar surface area (TPSA) is 124 Å². The third-order valence-corrected chi connectivity index (χ3v) is 3.21. The predicted molar refractivity (Wildman–Crippen MR) is 81.8 cm³/mol. The maximum absolute atomic E-state index is 10.1. The number of rotatable bonds is 8. The summed E-state index contributed by atoms with van der Waals surface area (Å²) in [7, 11) is 0. The van der Waals surface area contributed by atoms with Crippen LogP contribution < -0.4 is 10.8 Å². The highest BCUT2D eigenvalue weighted by Gasteiger charge is 2.13. The molecule has 0 saturated heterocycles. The van der Waals surface area contributed by atoms with Gasteiger partial charge < -0.3 is 20.1 Å². The van der Waals surface area contributed by atoms with Crippen LogP contribution in [-0.4, -0.2) is 32.1 Å². The second-order valence-electron chi connectivity index (χ2n) is 4.74. The van der Waals surface area contributed by atoms with Crippen molar-refractivity contribution in [2.45, 2.75) is 19.1 Å². The van der Waals surface area contributed by atoms with Crippen molar-refractivity contribution in [3.05, 3.63) is 58.5 Å². The molecule has 0 bridgehead atoms. The molecule has 0 saturated carbocycles. The zero-order valence-electron chi connectivity index (χ0n) is 12.1. The first-order valence-corrected chi connectivity index (χ1v) is 7.19. The standard InChI is InChI=1S/C14H17ClN4O4/c15-10-3-1-9(2-4-10)12(21)5-13-18-14(23-19-13)8-16-6-11(20)7-17-22/h1-4,7,12,16-17,20-22H,5-6,8H2/b11-7+. The number of hydrogen-bond acceptors (Lipinski definition) is 8. The van der Waals surface area contributed by atoms with Gasteiger partial charge in [0.25, 0.3) is 0 Å². The summed E-state index contributed by atoms with van der Waals surface area (Å²) in [6.07, 6.45) is 0.493. The molecule has 124 valence electrons. The first-order chi connectivity index (χ1) is 11.1. The van der Waals surface area contributed by atoms with E-state index in [1.165, 1.54) is 0 Å². The molecule has 2 rings (SSSR count). The van der Waals surface area contributed by atoms with Crippen LogP contribution >= 0.6 is 11.6 Å². The molecule has 1 aromatic heterocycles. The zero-order valence-corrected chi connectivity index (χ0v) is 12.9. The van der Waals surface area contributed by atoms with E-state index in [4.69, 9.17) is 21.3 Å². The molecule has 0 radical (unpaired) electrons. The lowest BCUT2D eigenvalue weighted by molar-refractivity contribution is 0.174. The van der Waals surface area contributed by atoms with Crippen molar-refractivity contribution in [3.8, 4) is 0 Å². The Kier molecular flexibility index (Phi) is 6.36. The highest BCUT2D eigenvalue weighted by atomic mass is 35.5. The fourth-order valence-electron chi connectivity index (χ4n) is 1.84. The lowest BCUT2D eigenvalue weighted by Gasteiger charge is -2.08. The largest absolute Gasteiger partial charge is 0.509 e. The number of benzene rings is 1. The number of aliphatic hydroxyl groups excluding tert-OH is 2. The Morgan fingerprint density at radius 2 is 2.09 bits per heavy atom. The number of hydroxylamine groups is 1. The molecule has 9 heteroatoms. The van der Waals surface area contributed by atoms with Crippen LogP contribution in [0, 0.1) is 0 Å². The van der Waals surface area contributed by atoms with Gasteiger partial charge in [-0.05, 0) is 17.7 Å². The molecule has 1 atom stereocenters. The molecule has 8 nitrogen and oxygen atoms in total. The minimum atomic E-state index is -0.756. The molecule has 1 heterocycles. The monoisotopic (exact) mass is 340 g/mol. The van der Waals surface area contributed by atoms with Crippen LogP contribution in [0.15, 0.2) is 40.7 Å². The summed E-state index contributed by atoms with van der Waals surface area (Å²) < 4.78 is 5.04. The van der Waals surface area contributed by atoms with Crippen LogP contribution in [-0.2, 0) is 13.0 Å². The molecule has 0 aliphatic rings. The van der Waals surface area contributed by atoms with E-state index >= 15 is 0 Å². The highest BCUT2D eigenvalue weighted by molar-refractivity contribution is 6.30. The van der Waals surface area contributed by atoms with Gasteiger partial charge in [-0.15, -0.1) is 0 Å². The van der Waals surface area contributed by atoms with Crippen LogP contribution in [0.3, 0.4) is 0 Å². The van der Waals surface area contributed by atoms with Gasteiger partial charge in [0, 0.05) is 11.4 Å². The number of nitrogens with one attached hydrogen (secondary N) is 2. The maximum atomic E-state index is 10.1. The van der Waals surface area contributed by atoms with E-state index in [-0.39, 0.29) is 25.3 Å². The summed E-state index contributed by atoms with van der Waals surface area (Å²) in [6.45, 7) is 0.367. The molecule has 0 amide bonds. The van der Waals surface area contributed by atoms with Gasteiger partial charge in [0.05, 0.1) is 25.4 Å². The second-order valence-corrected chi connectivity index (χ2v) is 5.18. The van der Waals surface area contributed by atoms with Crippen molar-refractivity contribution in [3.63, 3.8) is 0 Å². The maximum Gasteiger partial charge on any atom is 0.240 e. The summed E-state index contributed by atoms with van der Waals surface area (Å²) in [5, 5.41) is 35.0. The SMILES string of the molecule is ON/C=C(/O)CNCc1nc(CC(O)c2ccc(Cl)cc2)no1. The first kappa shape index (κ1) is 17.2. The molecule has 1 aromatic carbocycles. The van der Waals surface area contributed by atoms with Crippen molar-refractivity contribution in [2.24, 2.45) is 0 Å². The third-order valence-electron chi connectivity index (χ3n) is 2.95. The summed E-state index contributed by atoms with van der Waals surface area (Å²) in [4.78, 5) is 4.14. The van der Waals surface area contributed by atoms with Gasteiger partial charge in [0.1, 0.15) is 5.76 Å². The molecule has 23 heavy (non-hydrogen) atoms. The molecular weight excluding hydrogens is 324 g/mol. The molecule has 0 aliphatic heterocycles. The third kappa shape index (κ3) is 5.53. The first-order valence-electron chi connectivity index (χ1n) is 6.82. The van der Waals surface area contributed by atoms with Gasteiger partial charge in [0.15, 0.2) is 5.82 Å². The Morgan fingerprint density at radius 1 is 1.35 bits per heavy atom. The van der Waals surface area contributed by atoms with Gasteiger partial charge in [-0.25, -0.2) is 0 Å². The van der Waals surface area contributed by atoms with Crippen molar-refractivity contribution in [1.29, 1.82) is 0 Å². The molecule has 0 spiro atoms. The van der Waals surface area contributed by atoms with Gasteiger partial charge in [0.2, 0.25) is 5.89 Å². The highest BCUT2D eigenvalue weighted by Crippen LogP contribution is 2.19. The van der Waals surface area contributed by atoms with E-state index in [0.717, 1.165) is 6.20 Å². The fourth-order valence-corrected chi connectivity index (χ4v) is 1.97. The summed E-state index contributed by atoms with van der Waals surface area (Å²) in [5.74, 6) is 0.625. The van der Waals surface area contributed by atoms with Gasteiger partial charge in [-0.1, -0.05) is 28.9 Å². The Morgan fingerprint density at radius 3 is 2.78 bits per heavy atom. The minimum Gasteiger partial charge on any atom is -0.509 e. The van der Waals surface area contributed by atoms with E-state index in [0.29, 0.717) is 22.3 Å². The number of aromatic nitrogens is 2. The molecule has 2 aromatic rings. The van der Waals surface area contributed by atoms with E-state index in [1.807, 2.05) is 0 Å². The molecular formula is C14H17ClN4O4. The summed E-state index contributed by atoms with van der Waals surface area (Å²) in [6, 6.07) is 6.87. The number of hydrogen-bond donors (Lipinski definition) is 5. The van der Waals surface area contributed by atoms with Crippen LogP contribution in [0.1, 0.15) is 23.4 Å². The van der Waals surface area contributed by atoms with E-state index < -0.39 is 6.10 Å². The normalized spacial score (nSPS) is 13.1. The molecule has 5 N–H and O–H groups in total. The second kappa shape index (κ2) is 8.49. The average molecular weight is 341 g/mol. The van der Waals surface area contributed by atoms with Crippen molar-refractivity contribution in [1.82, 2.24) is 20.9 Å². The number of halogens is 1. The quantitative estimate of drug-likeness (QED) is 0.361. The van der Waals surface area contributed by atoms with E-state index in [9.17, 15) is 10.2 Å². The Hall–Kier alpha value is -2.13. The lowest BCUT2D eigenvalue weighted by Crippen LogP contribution is -2.18. The molecule has 0 fully saturated rings. The minimum absolute atomic E-state index is 0.0783. The van der Waals surface area contributed by atoms with Gasteiger partial charge in [-0.3, -0.25) is 10.7 Å². The van der Waals surface area contributed by atoms with Gasteiger partial charge in [-0.2, -0.15) is 4.98 Å². The number of nitrogens with zero attached hydrogens (tertiary/aromatic N) is 2. The molecule has 1 unspecified atom stereocenters. The predicted octanol–water partition coefficient (Wildman–Crippen LogP) is 1.47. The molecule has 0 aliphatic carbocycles. The average Bonchev–Trinajstić information content (AvgIpc) is 2.95. The Labute approximate surface area is 137 Å². The van der Waals surface area contributed by atoms with Crippen molar-refractivity contribution < 1.29 is 19.9 Å². The Balaban J connectivity index is 1.84. The van der Waals surface area contributed by atoms with Crippen molar-refractivity contribution in [2.75, 3.05) is 6.54 Å². The van der Waals surface area contributed by atoms with E-state index in [2.05, 4.69) is 15.5 Å². The van der Waals surface area contributed by atoms with Gasteiger partial charge >= 0.3 is 0 Å². The van der Waals surface area contributed by atoms with Crippen molar-refractivity contribution >= 4 is 11.6 Å². The Bertz CT molecular complexity index is 644. The van der Waals surface area contributed by atoms with Crippen LogP contribution in [0.25, 0.3) is 0 Å². The summed E-state index contributed by atoms with van der Waals surface area (Å²) >= 11 is 5.80. The summed E-state index contributed by atoms with van der Waals surface area (Å²) in [5.41, 5.74) is 2.43. The fraction of sp³-hybridized carbons (Fsp3) is 0.286. The van der Waals surface area contributed by atoms with Crippen LogP contribution in [0.4, 0.5) is 0 Å². The van der Waals surface area contributed by atoms with Crippen LogP contribution in [0.5, 0.6) is 0 Å².